The van der Waals surface area contributed by atoms with Crippen LogP contribution < -0.4 is 0 Å². The van der Waals surface area contributed by atoms with Crippen LogP contribution in [0.2, 0.25) is 0 Å². The molecule has 0 aliphatic rings. The average Bonchev–Trinajstić information content (AvgIpc) is 3.36. The highest BCUT2D eigenvalue weighted by atomic mass is 16.3. The van der Waals surface area contributed by atoms with Crippen LogP contribution in [0.5, 0.6) is 0 Å². The molecule has 0 atom stereocenters. The molecule has 0 radical (unpaired) electrons. The van der Waals surface area contributed by atoms with E-state index in [0.717, 1.165) is 48.4 Å². The summed E-state index contributed by atoms with van der Waals surface area (Å²) in [6, 6.07) is 22.1. The summed E-state index contributed by atoms with van der Waals surface area (Å²) < 4.78 is 12.5. The second-order valence-corrected chi connectivity index (χ2v) is 8.31. The minimum atomic E-state index is 0.980. The van der Waals surface area contributed by atoms with Crippen LogP contribution in [-0.2, 0) is 12.8 Å². The Labute approximate surface area is 175 Å². The second kappa shape index (κ2) is 6.63. The predicted molar refractivity (Wildman–Crippen MR) is 126 cm³/mol. The highest BCUT2D eigenvalue weighted by Gasteiger charge is 2.13. The molecule has 0 amide bonds. The number of rotatable bonds is 4. The van der Waals surface area contributed by atoms with Crippen LogP contribution in [0.3, 0.4) is 0 Å². The largest absolute Gasteiger partial charge is 0.460 e. The second-order valence-electron chi connectivity index (χ2n) is 8.31. The molecule has 0 N–H and O–H groups in total. The first-order chi connectivity index (χ1) is 14.8. The molecule has 0 fully saturated rings. The molecule has 30 heavy (non-hydrogen) atoms. The van der Waals surface area contributed by atoms with Gasteiger partial charge in [0.15, 0.2) is 0 Å². The van der Waals surface area contributed by atoms with Gasteiger partial charge >= 0.3 is 0 Å². The maximum absolute atomic E-state index is 6.23. The molecule has 4 aromatic carbocycles. The third kappa shape index (κ3) is 2.50. The first-order valence-electron chi connectivity index (χ1n) is 11.0. The van der Waals surface area contributed by atoms with Crippen LogP contribution >= 0.6 is 0 Å². The summed E-state index contributed by atoms with van der Waals surface area (Å²) >= 11 is 0. The lowest BCUT2D eigenvalue weighted by Gasteiger charge is -2.08. The predicted octanol–water partition coefficient (Wildman–Crippen LogP) is 8.54. The molecule has 0 saturated carbocycles. The van der Waals surface area contributed by atoms with Gasteiger partial charge in [0.05, 0.1) is 0 Å². The fourth-order valence-corrected chi connectivity index (χ4v) is 4.88. The first kappa shape index (κ1) is 17.6. The monoisotopic (exact) mass is 392 g/mol. The van der Waals surface area contributed by atoms with E-state index in [1.165, 1.54) is 43.1 Å². The molecular formula is C28H24O2. The molecule has 0 unspecified atom stereocenters. The summed E-state index contributed by atoms with van der Waals surface area (Å²) in [6.07, 6.45) is 4.14. The molecule has 148 valence electrons. The topological polar surface area (TPSA) is 26.3 Å². The van der Waals surface area contributed by atoms with Crippen molar-refractivity contribution in [3.8, 4) is 0 Å². The molecule has 0 spiro atoms. The van der Waals surface area contributed by atoms with Crippen molar-refractivity contribution >= 4 is 54.3 Å². The van der Waals surface area contributed by atoms with Gasteiger partial charge in [-0.15, -0.1) is 0 Å². The first-order valence-corrected chi connectivity index (χ1v) is 11.0. The number of hydrogen-bond acceptors (Lipinski definition) is 2. The lowest BCUT2D eigenvalue weighted by atomic mass is 9.95. The smallest absolute Gasteiger partial charge is 0.142 e. The Morgan fingerprint density at radius 2 is 0.867 bits per heavy atom. The van der Waals surface area contributed by atoms with Crippen LogP contribution in [0.25, 0.3) is 54.3 Å². The maximum Gasteiger partial charge on any atom is 0.142 e. The van der Waals surface area contributed by atoms with Gasteiger partial charge in [-0.2, -0.15) is 0 Å². The van der Waals surface area contributed by atoms with E-state index in [-0.39, 0.29) is 0 Å². The molecule has 6 rings (SSSR count). The van der Waals surface area contributed by atoms with Gasteiger partial charge in [-0.05, 0) is 58.7 Å². The van der Waals surface area contributed by atoms with Gasteiger partial charge in [0, 0.05) is 34.4 Å². The van der Waals surface area contributed by atoms with Crippen molar-refractivity contribution in [2.45, 2.75) is 39.5 Å². The van der Waals surface area contributed by atoms with E-state index in [1.54, 1.807) is 0 Å². The van der Waals surface area contributed by atoms with E-state index < -0.39 is 0 Å². The van der Waals surface area contributed by atoms with Crippen molar-refractivity contribution < 1.29 is 8.83 Å². The Bertz CT molecular complexity index is 1440. The summed E-state index contributed by atoms with van der Waals surface area (Å²) in [4.78, 5) is 0. The molecule has 0 aliphatic carbocycles. The Kier molecular flexibility index (Phi) is 3.89. The summed E-state index contributed by atoms with van der Waals surface area (Å²) in [5, 5.41) is 9.75. The summed E-state index contributed by atoms with van der Waals surface area (Å²) in [7, 11) is 0. The number of aryl methyl sites for hydroxylation is 2. The van der Waals surface area contributed by atoms with E-state index in [1.807, 2.05) is 0 Å². The fourth-order valence-electron chi connectivity index (χ4n) is 4.88. The van der Waals surface area contributed by atoms with Crippen LogP contribution in [0.15, 0.2) is 69.5 Å². The molecule has 2 aromatic heterocycles. The summed E-state index contributed by atoms with van der Waals surface area (Å²) in [5.41, 5.74) is 2.01. The van der Waals surface area contributed by atoms with Gasteiger partial charge in [0.1, 0.15) is 22.7 Å². The van der Waals surface area contributed by atoms with E-state index >= 15 is 0 Å². The number of benzene rings is 4. The lowest BCUT2D eigenvalue weighted by molar-refractivity contribution is 0.546. The highest BCUT2D eigenvalue weighted by Crippen LogP contribution is 2.38. The van der Waals surface area contributed by atoms with E-state index in [0.29, 0.717) is 0 Å². The fraction of sp³-hybridized carbons (Fsp3) is 0.214. The van der Waals surface area contributed by atoms with Crippen molar-refractivity contribution in [3.05, 3.63) is 72.2 Å². The average molecular weight is 392 g/mol. The normalized spacial score (nSPS) is 12.2. The van der Waals surface area contributed by atoms with Crippen LogP contribution in [-0.4, -0.2) is 0 Å². The van der Waals surface area contributed by atoms with E-state index in [4.69, 9.17) is 8.83 Å². The Morgan fingerprint density at radius 1 is 0.500 bits per heavy atom. The van der Waals surface area contributed by atoms with Crippen molar-refractivity contribution in [2.24, 2.45) is 0 Å². The number of furan rings is 2. The van der Waals surface area contributed by atoms with Gasteiger partial charge < -0.3 is 8.83 Å². The minimum Gasteiger partial charge on any atom is -0.460 e. The van der Waals surface area contributed by atoms with Crippen molar-refractivity contribution in [3.63, 3.8) is 0 Å². The van der Waals surface area contributed by atoms with Gasteiger partial charge in [-0.1, -0.05) is 50.2 Å². The number of fused-ring (bicyclic) bond motifs is 9. The molecule has 6 aromatic rings. The maximum atomic E-state index is 6.23. The Hall–Kier alpha value is -3.26. The zero-order chi connectivity index (χ0) is 20.2. The molecule has 0 saturated heterocycles. The number of hydrogen-bond donors (Lipinski definition) is 0. The van der Waals surface area contributed by atoms with Gasteiger partial charge in [0.2, 0.25) is 0 Å². The van der Waals surface area contributed by atoms with Gasteiger partial charge in [-0.25, -0.2) is 0 Å². The third-order valence-electron chi connectivity index (χ3n) is 6.25. The third-order valence-corrected chi connectivity index (χ3v) is 6.25. The SMILES string of the molecule is CCCc1cc2ccc3c4ccc5c(ccc6cc(CCC)oc65)c4ccc3c2o1. The molecular weight excluding hydrogens is 368 g/mol. The molecule has 2 heteroatoms. The van der Waals surface area contributed by atoms with Crippen molar-refractivity contribution in [2.75, 3.05) is 0 Å². The summed E-state index contributed by atoms with van der Waals surface area (Å²) in [5.74, 6) is 2.14. The van der Waals surface area contributed by atoms with E-state index in [9.17, 15) is 0 Å². The molecule has 0 bridgehead atoms. The van der Waals surface area contributed by atoms with Crippen molar-refractivity contribution in [1.29, 1.82) is 0 Å². The van der Waals surface area contributed by atoms with Gasteiger partial charge in [-0.3, -0.25) is 0 Å². The lowest BCUT2D eigenvalue weighted by Crippen LogP contribution is -1.82. The van der Waals surface area contributed by atoms with Crippen LogP contribution in [0.4, 0.5) is 0 Å². The zero-order valence-corrected chi connectivity index (χ0v) is 17.4. The molecule has 2 nitrogen and oxygen atoms in total. The van der Waals surface area contributed by atoms with Crippen LogP contribution in [0.1, 0.15) is 38.2 Å². The standard InChI is InChI=1S/C28H24O2/c1-3-5-19-15-17-7-9-23-21-12-14-26-24(22(21)11-13-25(23)27(17)29-19)10-8-18-16-20(6-4-2)30-28(18)26/h7-16H,3-6H2,1-2H3. The Balaban J connectivity index is 1.64. The minimum absolute atomic E-state index is 0.980. The van der Waals surface area contributed by atoms with E-state index in [2.05, 4.69) is 74.5 Å². The quantitative estimate of drug-likeness (QED) is 0.281. The highest BCUT2D eigenvalue weighted by molar-refractivity contribution is 6.23. The zero-order valence-electron chi connectivity index (χ0n) is 17.4. The van der Waals surface area contributed by atoms with Crippen LogP contribution in [0, 0.1) is 0 Å². The molecule has 2 heterocycles. The Morgan fingerprint density at radius 3 is 1.30 bits per heavy atom. The molecule has 0 aliphatic heterocycles. The summed E-state index contributed by atoms with van der Waals surface area (Å²) in [6.45, 7) is 4.37. The van der Waals surface area contributed by atoms with Gasteiger partial charge in [0.25, 0.3) is 0 Å². The van der Waals surface area contributed by atoms with Crippen molar-refractivity contribution in [1.82, 2.24) is 0 Å².